The Hall–Kier alpha value is -1.41. The van der Waals surface area contributed by atoms with Crippen molar-refractivity contribution in [3.8, 4) is 5.75 Å². The van der Waals surface area contributed by atoms with Gasteiger partial charge in [0, 0.05) is 12.3 Å². The van der Waals surface area contributed by atoms with E-state index in [1.807, 2.05) is 0 Å². The fraction of sp³-hybridized carbons (Fsp3) is 0.500. The maximum absolute atomic E-state index is 11.5. The molecule has 1 saturated heterocycles. The van der Waals surface area contributed by atoms with Crippen LogP contribution in [0.1, 0.15) is 6.23 Å². The smallest absolute Gasteiger partial charge is 0.256 e. The van der Waals surface area contributed by atoms with Gasteiger partial charge in [0.2, 0.25) is 0 Å². The molecule has 1 aromatic heterocycles. The van der Waals surface area contributed by atoms with Crippen molar-refractivity contribution in [2.45, 2.75) is 24.5 Å². The Balaban J connectivity index is 2.32. The average Bonchev–Trinajstić information content (AvgIpc) is 2.57. The molecule has 1 aromatic rings. The van der Waals surface area contributed by atoms with E-state index in [2.05, 4.69) is 0 Å². The zero-order valence-electron chi connectivity index (χ0n) is 8.80. The molecule has 0 amide bonds. The summed E-state index contributed by atoms with van der Waals surface area (Å²) >= 11 is 0. The van der Waals surface area contributed by atoms with Crippen LogP contribution in [0.4, 0.5) is 0 Å². The molecule has 2 rings (SSSR count). The van der Waals surface area contributed by atoms with E-state index in [-0.39, 0.29) is 5.75 Å². The maximum Gasteiger partial charge on any atom is 0.256 e. The Morgan fingerprint density at radius 2 is 2.06 bits per heavy atom. The first-order valence-corrected chi connectivity index (χ1v) is 5.08. The summed E-state index contributed by atoms with van der Waals surface area (Å²) in [7, 11) is 0. The molecule has 0 radical (unpaired) electrons. The Bertz CT molecular complexity index is 458. The fourth-order valence-corrected chi connectivity index (χ4v) is 1.80. The fourth-order valence-electron chi connectivity index (χ4n) is 1.80. The van der Waals surface area contributed by atoms with Crippen LogP contribution in [0, 0.1) is 0 Å². The third kappa shape index (κ3) is 2.05. The number of pyridine rings is 1. The molecular formula is C10H13NO6. The number of nitrogens with zero attached hydrogens (tertiary/aromatic N) is 1. The van der Waals surface area contributed by atoms with Gasteiger partial charge in [-0.15, -0.1) is 0 Å². The van der Waals surface area contributed by atoms with Gasteiger partial charge >= 0.3 is 0 Å². The predicted octanol–water partition coefficient (Wildman–Crippen LogP) is -1.83. The number of aromatic hydroxyl groups is 1. The van der Waals surface area contributed by atoms with E-state index in [1.54, 1.807) is 0 Å². The van der Waals surface area contributed by atoms with E-state index in [0.29, 0.717) is 0 Å². The highest BCUT2D eigenvalue weighted by atomic mass is 16.6. The summed E-state index contributed by atoms with van der Waals surface area (Å²) in [5, 5.41) is 37.2. The van der Waals surface area contributed by atoms with E-state index >= 15 is 0 Å². The molecule has 4 N–H and O–H groups in total. The van der Waals surface area contributed by atoms with E-state index < -0.39 is 36.7 Å². The van der Waals surface area contributed by atoms with E-state index in [1.165, 1.54) is 12.3 Å². The van der Waals surface area contributed by atoms with Crippen molar-refractivity contribution in [2.24, 2.45) is 0 Å². The van der Waals surface area contributed by atoms with Crippen LogP contribution >= 0.6 is 0 Å². The molecular weight excluding hydrogens is 230 g/mol. The second-order valence-electron chi connectivity index (χ2n) is 3.86. The summed E-state index contributed by atoms with van der Waals surface area (Å²) in [5.74, 6) is -0.196. The molecule has 1 aliphatic heterocycles. The minimum absolute atomic E-state index is 0.196. The van der Waals surface area contributed by atoms with Crippen LogP contribution in [0.15, 0.2) is 23.1 Å². The van der Waals surface area contributed by atoms with Crippen molar-refractivity contribution in [1.82, 2.24) is 4.57 Å². The molecule has 0 aliphatic carbocycles. The molecule has 7 nitrogen and oxygen atoms in total. The lowest BCUT2D eigenvalue weighted by atomic mass is 10.1. The number of ether oxygens (including phenoxy) is 1. The Labute approximate surface area is 96.1 Å². The second-order valence-corrected chi connectivity index (χ2v) is 3.86. The van der Waals surface area contributed by atoms with Gasteiger partial charge < -0.3 is 25.2 Å². The van der Waals surface area contributed by atoms with Crippen LogP contribution < -0.4 is 5.56 Å². The normalized spacial score (nSPS) is 32.9. The lowest BCUT2D eigenvalue weighted by Gasteiger charge is -2.17. The first-order chi connectivity index (χ1) is 8.04. The van der Waals surface area contributed by atoms with Crippen molar-refractivity contribution in [1.29, 1.82) is 0 Å². The molecule has 17 heavy (non-hydrogen) atoms. The third-order valence-corrected chi connectivity index (χ3v) is 2.72. The zero-order chi connectivity index (χ0) is 12.6. The molecule has 7 heteroatoms. The largest absolute Gasteiger partial charge is 0.508 e. The van der Waals surface area contributed by atoms with Gasteiger partial charge in [0.15, 0.2) is 6.23 Å². The van der Waals surface area contributed by atoms with Gasteiger partial charge in [0.1, 0.15) is 24.1 Å². The highest BCUT2D eigenvalue weighted by molar-refractivity contribution is 5.16. The average molecular weight is 243 g/mol. The van der Waals surface area contributed by atoms with E-state index in [0.717, 1.165) is 10.6 Å². The van der Waals surface area contributed by atoms with Gasteiger partial charge in [-0.2, -0.15) is 0 Å². The first kappa shape index (κ1) is 12.1. The van der Waals surface area contributed by atoms with Crippen LogP contribution in [-0.2, 0) is 4.74 Å². The SMILES string of the molecule is O=c1cc(O)ccn1[C@@H]1O[C@@H](CO)[C@@H](O)[C@@H]1O. The summed E-state index contributed by atoms with van der Waals surface area (Å²) in [6.45, 7) is -0.457. The van der Waals surface area contributed by atoms with E-state index in [4.69, 9.17) is 14.9 Å². The van der Waals surface area contributed by atoms with Crippen LogP contribution in [0.5, 0.6) is 5.75 Å². The van der Waals surface area contributed by atoms with Crippen molar-refractivity contribution in [3.63, 3.8) is 0 Å². The molecule has 0 aromatic carbocycles. The summed E-state index contributed by atoms with van der Waals surface area (Å²) < 4.78 is 6.22. The number of aromatic nitrogens is 1. The highest BCUT2D eigenvalue weighted by Crippen LogP contribution is 2.28. The molecule has 0 spiro atoms. The topological polar surface area (TPSA) is 112 Å². The van der Waals surface area contributed by atoms with Gasteiger partial charge in [-0.3, -0.25) is 9.36 Å². The molecule has 2 heterocycles. The zero-order valence-corrected chi connectivity index (χ0v) is 8.80. The molecule has 94 valence electrons. The van der Waals surface area contributed by atoms with Crippen molar-refractivity contribution >= 4 is 0 Å². The van der Waals surface area contributed by atoms with Gasteiger partial charge in [-0.1, -0.05) is 0 Å². The van der Waals surface area contributed by atoms with Crippen molar-refractivity contribution in [2.75, 3.05) is 6.61 Å². The number of aliphatic hydroxyl groups excluding tert-OH is 3. The van der Waals surface area contributed by atoms with Gasteiger partial charge in [0.05, 0.1) is 6.61 Å². The summed E-state index contributed by atoms with van der Waals surface area (Å²) in [6, 6.07) is 2.23. The number of hydrogen-bond donors (Lipinski definition) is 4. The Morgan fingerprint density at radius 1 is 1.35 bits per heavy atom. The number of rotatable bonds is 2. The lowest BCUT2D eigenvalue weighted by molar-refractivity contribution is -0.0544. The van der Waals surface area contributed by atoms with Gasteiger partial charge in [0.25, 0.3) is 5.56 Å². The summed E-state index contributed by atoms with van der Waals surface area (Å²) in [6.07, 6.45) is -3.33. The van der Waals surface area contributed by atoms with Crippen molar-refractivity contribution in [3.05, 3.63) is 28.7 Å². The highest BCUT2D eigenvalue weighted by Gasteiger charge is 2.43. The van der Waals surface area contributed by atoms with Crippen molar-refractivity contribution < 1.29 is 25.2 Å². The maximum atomic E-state index is 11.5. The predicted molar refractivity (Wildman–Crippen MR) is 55.4 cm³/mol. The summed E-state index contributed by atoms with van der Waals surface area (Å²) in [4.78, 5) is 11.5. The molecule has 0 bridgehead atoms. The minimum atomic E-state index is -1.31. The number of hydrogen-bond acceptors (Lipinski definition) is 6. The molecule has 0 saturated carbocycles. The van der Waals surface area contributed by atoms with Gasteiger partial charge in [-0.25, -0.2) is 0 Å². The van der Waals surface area contributed by atoms with Crippen LogP contribution in [0.2, 0.25) is 0 Å². The van der Waals surface area contributed by atoms with E-state index in [9.17, 15) is 15.0 Å². The lowest BCUT2D eigenvalue weighted by Crippen LogP contribution is -2.35. The Kier molecular flexibility index (Phi) is 3.16. The minimum Gasteiger partial charge on any atom is -0.508 e. The van der Waals surface area contributed by atoms with Crippen LogP contribution in [0.3, 0.4) is 0 Å². The molecule has 1 fully saturated rings. The molecule has 4 atom stereocenters. The Morgan fingerprint density at radius 3 is 2.59 bits per heavy atom. The number of aliphatic hydroxyl groups is 3. The molecule has 1 aliphatic rings. The standard InChI is InChI=1S/C10H13NO6/c12-4-6-8(15)9(16)10(17-6)11-2-1-5(13)3-7(11)14/h1-3,6,8-10,12-13,15-16H,4H2/t6-,8+,9-,10+/m0/s1. The third-order valence-electron chi connectivity index (χ3n) is 2.72. The van der Waals surface area contributed by atoms with Crippen LogP contribution in [-0.4, -0.2) is 49.9 Å². The second kappa shape index (κ2) is 4.46. The molecule has 0 unspecified atom stereocenters. The van der Waals surface area contributed by atoms with Crippen LogP contribution in [0.25, 0.3) is 0 Å². The summed E-state index contributed by atoms with van der Waals surface area (Å²) in [5.41, 5.74) is -0.570. The first-order valence-electron chi connectivity index (χ1n) is 5.08. The van der Waals surface area contributed by atoms with Gasteiger partial charge in [-0.05, 0) is 6.07 Å². The monoisotopic (exact) mass is 243 g/mol. The quantitative estimate of drug-likeness (QED) is 0.486.